The number of anilines is 2. The topological polar surface area (TPSA) is 426 Å². The molecule has 4 amide bonds. The number of nitrogen functional groups attached to an aromatic ring is 1. The number of nitrogens with two attached hydrogens (primary N) is 2. The highest BCUT2D eigenvalue weighted by Crippen LogP contribution is 2.35. The molecule has 0 fully saturated rings. The monoisotopic (exact) mass is 898 g/mol. The van der Waals surface area contributed by atoms with Gasteiger partial charge in [0.25, 0.3) is 11.5 Å². The van der Waals surface area contributed by atoms with Gasteiger partial charge in [-0.1, -0.05) is 0 Å². The van der Waals surface area contributed by atoms with E-state index in [0.717, 1.165) is 10.6 Å². The van der Waals surface area contributed by atoms with E-state index >= 15 is 0 Å². The zero-order valence-electron chi connectivity index (χ0n) is 33.0. The van der Waals surface area contributed by atoms with Crippen LogP contribution >= 0.6 is 11.8 Å². The average Bonchev–Trinajstić information content (AvgIpc) is 3.48. The number of H-pyrrole nitrogens is 1. The van der Waals surface area contributed by atoms with Gasteiger partial charge in [-0.25, -0.2) is 19.6 Å². The SMILES string of the molecule is CC(=O)Cn1c(O)cc(SC[C@H](NC(=O)[C@H](CC(=O)O)NC(=O)[C@H](CN)NC(=O)CC[C@H](NC(=O)c2ccc(NCc3cnc4nc(N)[nH]c(=O)c4n3)cc2)C(=O)O)C(=O)O)c1O. The number of aromatic amines is 1. The maximum atomic E-state index is 13.1. The Morgan fingerprint density at radius 1 is 0.873 bits per heavy atom. The second-order valence-electron chi connectivity index (χ2n) is 13.5. The van der Waals surface area contributed by atoms with Crippen LogP contribution in [0.5, 0.6) is 11.8 Å². The molecular formula is C36H42N12O14S. The molecule has 336 valence electrons. The van der Waals surface area contributed by atoms with Gasteiger partial charge in [0.15, 0.2) is 17.0 Å². The standard InChI is InChI=1S/C36H42N12O14S/c1-15(49)13-48-25(51)9-23(33(48)58)63-14-22(35(61)62)45-30(55)20(8-26(52)53)44-31(56)21(10-37)42-24(50)7-6-19(34(59)60)43-29(54)16-2-4-17(5-3-16)39-11-18-12-40-28-27(41-18)32(57)47-36(38)46-28/h2-5,9,12,19-22,39,51,58H,6-8,10-11,13-14,37H2,1H3,(H,42,50)(H,43,54)(H,44,56)(H,45,55)(H,52,53)(H,59,60)(H,61,62)(H3,38,40,46,47,57)/t19-,20-,21-,22-/m0/s1. The largest absolute Gasteiger partial charge is 0.494 e. The van der Waals surface area contributed by atoms with E-state index in [1.165, 1.54) is 37.4 Å². The second-order valence-corrected chi connectivity index (χ2v) is 14.6. The Kier molecular flexibility index (Phi) is 16.4. The summed E-state index contributed by atoms with van der Waals surface area (Å²) in [6.45, 7) is 0.365. The number of hydrogen-bond acceptors (Lipinski definition) is 18. The molecule has 0 aliphatic rings. The number of ketones is 1. The molecule has 4 aromatic rings. The highest BCUT2D eigenvalue weighted by molar-refractivity contribution is 7.99. The van der Waals surface area contributed by atoms with Crippen LogP contribution in [0, 0.1) is 0 Å². The lowest BCUT2D eigenvalue weighted by Crippen LogP contribution is -2.58. The van der Waals surface area contributed by atoms with E-state index in [4.69, 9.17) is 11.5 Å². The summed E-state index contributed by atoms with van der Waals surface area (Å²) >= 11 is 0.672. The fourth-order valence-electron chi connectivity index (χ4n) is 5.52. The number of nitrogens with zero attached hydrogens (tertiary/aromatic N) is 4. The number of carbonyl (C=O) groups is 8. The first-order valence-electron chi connectivity index (χ1n) is 18.4. The van der Waals surface area contributed by atoms with Gasteiger partial charge in [0.1, 0.15) is 30.0 Å². The van der Waals surface area contributed by atoms with Crippen molar-refractivity contribution >= 4 is 81.9 Å². The highest BCUT2D eigenvalue weighted by Gasteiger charge is 2.32. The number of carboxylic acid groups (broad SMARTS) is 3. The lowest BCUT2D eigenvalue weighted by atomic mass is 10.1. The maximum Gasteiger partial charge on any atom is 0.327 e. The van der Waals surface area contributed by atoms with E-state index in [0.29, 0.717) is 23.1 Å². The predicted molar refractivity (Wildman–Crippen MR) is 218 cm³/mol. The number of nitrogens with one attached hydrogen (secondary N) is 6. The smallest absolute Gasteiger partial charge is 0.327 e. The molecule has 15 N–H and O–H groups in total. The third kappa shape index (κ3) is 13.6. The molecule has 0 unspecified atom stereocenters. The zero-order valence-corrected chi connectivity index (χ0v) is 33.8. The third-order valence-corrected chi connectivity index (χ3v) is 9.79. The number of benzene rings is 1. The Labute approximate surface area is 358 Å². The van der Waals surface area contributed by atoms with Crippen LogP contribution in [0.2, 0.25) is 0 Å². The van der Waals surface area contributed by atoms with Gasteiger partial charge in [0, 0.05) is 36.0 Å². The fraction of sp³-hybridized carbons (Fsp3) is 0.333. The van der Waals surface area contributed by atoms with Crippen molar-refractivity contribution in [1.29, 1.82) is 0 Å². The summed E-state index contributed by atoms with van der Waals surface area (Å²) in [5.74, 6) is -10.8. The number of Topliss-reactive ketones (excluding diaryl/α,β-unsaturated/α-hetero) is 1. The average molecular weight is 899 g/mol. The molecule has 3 heterocycles. The number of aromatic hydroxyl groups is 2. The van der Waals surface area contributed by atoms with Crippen molar-refractivity contribution in [2.75, 3.05) is 23.3 Å². The molecule has 4 rings (SSSR count). The number of amides is 4. The van der Waals surface area contributed by atoms with E-state index in [2.05, 4.69) is 46.5 Å². The van der Waals surface area contributed by atoms with Gasteiger partial charge in [-0.3, -0.25) is 43.1 Å². The number of hydrogen-bond donors (Lipinski definition) is 13. The molecule has 63 heavy (non-hydrogen) atoms. The van der Waals surface area contributed by atoms with Crippen LogP contribution in [-0.4, -0.2) is 134 Å². The maximum absolute atomic E-state index is 13.1. The molecule has 0 radical (unpaired) electrons. The minimum absolute atomic E-state index is 0.0132. The number of carboxylic acids is 3. The van der Waals surface area contributed by atoms with Crippen molar-refractivity contribution in [2.45, 2.75) is 68.3 Å². The first-order chi connectivity index (χ1) is 29.8. The summed E-state index contributed by atoms with van der Waals surface area (Å²) in [5.41, 5.74) is 11.6. The van der Waals surface area contributed by atoms with E-state index in [-0.39, 0.29) is 40.7 Å². The molecule has 0 bridgehead atoms. The molecule has 3 aromatic heterocycles. The van der Waals surface area contributed by atoms with Crippen LogP contribution in [0.3, 0.4) is 0 Å². The van der Waals surface area contributed by atoms with E-state index < -0.39 is 120 Å². The number of fused-ring (bicyclic) bond motifs is 1. The minimum Gasteiger partial charge on any atom is -0.494 e. The Morgan fingerprint density at radius 3 is 2.14 bits per heavy atom. The Bertz CT molecular complexity index is 2460. The minimum atomic E-state index is -1.89. The van der Waals surface area contributed by atoms with Gasteiger partial charge in [0.2, 0.25) is 29.5 Å². The Hall–Kier alpha value is -7.81. The lowest BCUT2D eigenvalue weighted by molar-refractivity contribution is -0.143. The zero-order chi connectivity index (χ0) is 46.5. The summed E-state index contributed by atoms with van der Waals surface area (Å²) in [5, 5.41) is 61.0. The summed E-state index contributed by atoms with van der Waals surface area (Å²) < 4.78 is 0.864. The van der Waals surface area contributed by atoms with Gasteiger partial charge < -0.3 is 63.6 Å². The van der Waals surface area contributed by atoms with Gasteiger partial charge in [-0.05, 0) is 37.6 Å². The number of carbonyl (C=O) groups excluding carboxylic acids is 5. The van der Waals surface area contributed by atoms with Gasteiger partial charge in [-0.2, -0.15) is 4.98 Å². The highest BCUT2D eigenvalue weighted by atomic mass is 32.2. The molecule has 1 aromatic carbocycles. The number of rotatable bonds is 23. The van der Waals surface area contributed by atoms with Crippen LogP contribution in [0.15, 0.2) is 46.2 Å². The molecule has 0 aliphatic heterocycles. The van der Waals surface area contributed by atoms with E-state index in [9.17, 15) is 68.7 Å². The van der Waals surface area contributed by atoms with Gasteiger partial charge >= 0.3 is 17.9 Å². The normalized spacial score (nSPS) is 12.9. The van der Waals surface area contributed by atoms with Crippen molar-refractivity contribution in [3.8, 4) is 11.8 Å². The van der Waals surface area contributed by atoms with Crippen molar-refractivity contribution in [3.05, 3.63) is 58.1 Å². The first kappa shape index (κ1) is 47.9. The molecule has 0 saturated carbocycles. The first-order valence-corrected chi connectivity index (χ1v) is 19.4. The molecule has 4 atom stereocenters. The Morgan fingerprint density at radius 2 is 1.52 bits per heavy atom. The summed E-state index contributed by atoms with van der Waals surface area (Å²) in [6, 6.07) is 0.115. The van der Waals surface area contributed by atoms with E-state index in [1.54, 1.807) is 0 Å². The van der Waals surface area contributed by atoms with Crippen LogP contribution in [0.25, 0.3) is 11.2 Å². The fourth-order valence-corrected chi connectivity index (χ4v) is 6.52. The second kappa shape index (κ2) is 21.6. The Balaban J connectivity index is 1.29. The van der Waals surface area contributed by atoms with Crippen molar-refractivity contribution in [2.24, 2.45) is 5.73 Å². The van der Waals surface area contributed by atoms with Crippen molar-refractivity contribution < 1.29 is 63.9 Å². The van der Waals surface area contributed by atoms with Crippen molar-refractivity contribution in [3.63, 3.8) is 0 Å². The van der Waals surface area contributed by atoms with E-state index in [1.807, 2.05) is 0 Å². The summed E-state index contributed by atoms with van der Waals surface area (Å²) in [7, 11) is 0. The molecule has 0 spiro atoms. The van der Waals surface area contributed by atoms with Crippen LogP contribution in [0.4, 0.5) is 11.6 Å². The molecular weight excluding hydrogens is 857 g/mol. The van der Waals surface area contributed by atoms with Gasteiger partial charge in [-0.15, -0.1) is 11.8 Å². The summed E-state index contributed by atoms with van der Waals surface area (Å²) in [6.07, 6.45) is -0.657. The number of thioether (sulfide) groups is 1. The predicted octanol–water partition coefficient (Wildman–Crippen LogP) is -2.56. The summed E-state index contributed by atoms with van der Waals surface area (Å²) in [4.78, 5) is 125. The van der Waals surface area contributed by atoms with Crippen LogP contribution in [0.1, 0.15) is 42.2 Å². The third-order valence-electron chi connectivity index (χ3n) is 8.68. The van der Waals surface area contributed by atoms with Gasteiger partial charge in [0.05, 0.1) is 36.3 Å². The number of aromatic nitrogens is 5. The molecule has 27 heteroatoms. The molecule has 26 nitrogen and oxygen atoms in total. The van der Waals surface area contributed by atoms with Crippen LogP contribution < -0.4 is 43.6 Å². The number of aliphatic carboxylic acids is 3. The molecule has 0 aliphatic carbocycles. The quantitative estimate of drug-likeness (QED) is 0.0340. The lowest BCUT2D eigenvalue weighted by Gasteiger charge is -2.23. The van der Waals surface area contributed by atoms with Crippen molar-refractivity contribution in [1.82, 2.24) is 45.8 Å². The molecule has 0 saturated heterocycles. The van der Waals surface area contributed by atoms with Crippen LogP contribution in [-0.2, 0) is 46.7 Å².